The molecule has 18 heavy (non-hydrogen) atoms. The van der Waals surface area contributed by atoms with Crippen LogP contribution >= 0.6 is 15.9 Å². The lowest BCUT2D eigenvalue weighted by atomic mass is 10.0. The van der Waals surface area contributed by atoms with Crippen molar-refractivity contribution in [2.45, 2.75) is 32.7 Å². The molecular formula is C14H21BrN2O. The molecule has 100 valence electrons. The topological polar surface area (TPSA) is 55.1 Å². The molecule has 0 saturated heterocycles. The molecule has 1 aromatic rings. The summed E-state index contributed by atoms with van der Waals surface area (Å²) in [6.07, 6.45) is 1.38. The van der Waals surface area contributed by atoms with Crippen molar-refractivity contribution in [3.05, 3.63) is 34.3 Å². The summed E-state index contributed by atoms with van der Waals surface area (Å²) in [5, 5.41) is 3.00. The van der Waals surface area contributed by atoms with Crippen LogP contribution in [0.5, 0.6) is 0 Å². The number of carbonyl (C=O) groups is 1. The Morgan fingerprint density at radius 1 is 1.44 bits per heavy atom. The summed E-state index contributed by atoms with van der Waals surface area (Å²) < 4.78 is 1.03. The number of hydrogen-bond acceptors (Lipinski definition) is 2. The molecular weight excluding hydrogens is 292 g/mol. The van der Waals surface area contributed by atoms with E-state index in [0.29, 0.717) is 18.9 Å². The summed E-state index contributed by atoms with van der Waals surface area (Å²) in [5.41, 5.74) is 6.63. The van der Waals surface area contributed by atoms with Gasteiger partial charge in [-0.1, -0.05) is 35.0 Å². The van der Waals surface area contributed by atoms with Gasteiger partial charge in [-0.15, -0.1) is 0 Å². The van der Waals surface area contributed by atoms with Gasteiger partial charge in [0.1, 0.15) is 0 Å². The van der Waals surface area contributed by atoms with Gasteiger partial charge in [-0.05, 0) is 43.5 Å². The van der Waals surface area contributed by atoms with Crippen LogP contribution in [-0.2, 0) is 4.79 Å². The molecule has 1 unspecified atom stereocenters. The average molecular weight is 313 g/mol. The molecule has 0 aliphatic carbocycles. The SMILES string of the molecule is CC(CN)CCC(=O)N[C@@H](C)c1cccc(Br)c1. The fraction of sp³-hybridized carbons (Fsp3) is 0.500. The smallest absolute Gasteiger partial charge is 0.220 e. The van der Waals surface area contributed by atoms with E-state index in [1.807, 2.05) is 31.2 Å². The predicted molar refractivity (Wildman–Crippen MR) is 78.2 cm³/mol. The fourth-order valence-corrected chi connectivity index (χ4v) is 2.09. The Hall–Kier alpha value is -0.870. The van der Waals surface area contributed by atoms with Crippen LogP contribution in [0.2, 0.25) is 0 Å². The zero-order chi connectivity index (χ0) is 13.5. The Labute approximate surface area is 117 Å². The lowest BCUT2D eigenvalue weighted by molar-refractivity contribution is -0.122. The number of carbonyl (C=O) groups excluding carboxylic acids is 1. The van der Waals surface area contributed by atoms with Gasteiger partial charge in [-0.2, -0.15) is 0 Å². The van der Waals surface area contributed by atoms with Gasteiger partial charge in [0.15, 0.2) is 0 Å². The van der Waals surface area contributed by atoms with Gasteiger partial charge in [0.05, 0.1) is 6.04 Å². The van der Waals surface area contributed by atoms with Crippen LogP contribution in [0.15, 0.2) is 28.7 Å². The molecule has 0 saturated carbocycles. The van der Waals surface area contributed by atoms with Crippen LogP contribution in [0.25, 0.3) is 0 Å². The standard InChI is InChI=1S/C14H21BrN2O/c1-10(9-16)6-7-14(18)17-11(2)12-4-3-5-13(15)8-12/h3-5,8,10-11H,6-7,9,16H2,1-2H3,(H,17,18)/t10?,11-/m0/s1. The first kappa shape index (κ1) is 15.2. The van der Waals surface area contributed by atoms with Gasteiger partial charge < -0.3 is 11.1 Å². The Morgan fingerprint density at radius 3 is 2.78 bits per heavy atom. The highest BCUT2D eigenvalue weighted by atomic mass is 79.9. The maximum Gasteiger partial charge on any atom is 0.220 e. The largest absolute Gasteiger partial charge is 0.350 e. The molecule has 0 radical (unpaired) electrons. The van der Waals surface area contributed by atoms with Crippen LogP contribution in [0, 0.1) is 5.92 Å². The minimum atomic E-state index is 0.0307. The van der Waals surface area contributed by atoms with Crippen molar-refractivity contribution < 1.29 is 4.79 Å². The average Bonchev–Trinajstić information content (AvgIpc) is 2.35. The highest BCUT2D eigenvalue weighted by Crippen LogP contribution is 2.18. The van der Waals surface area contributed by atoms with Crippen LogP contribution in [0.4, 0.5) is 0 Å². The van der Waals surface area contributed by atoms with E-state index < -0.39 is 0 Å². The van der Waals surface area contributed by atoms with E-state index in [0.717, 1.165) is 16.5 Å². The van der Waals surface area contributed by atoms with Crippen molar-refractivity contribution in [2.24, 2.45) is 11.7 Å². The Kier molecular flexibility index (Phi) is 6.36. The normalized spacial score (nSPS) is 14.0. The number of amides is 1. The van der Waals surface area contributed by atoms with E-state index in [-0.39, 0.29) is 11.9 Å². The van der Waals surface area contributed by atoms with Crippen LogP contribution < -0.4 is 11.1 Å². The third-order valence-corrected chi connectivity index (χ3v) is 3.49. The van der Waals surface area contributed by atoms with Crippen molar-refractivity contribution in [1.82, 2.24) is 5.32 Å². The van der Waals surface area contributed by atoms with Gasteiger partial charge in [-0.3, -0.25) is 4.79 Å². The molecule has 0 aromatic heterocycles. The molecule has 0 fully saturated rings. The maximum absolute atomic E-state index is 11.8. The van der Waals surface area contributed by atoms with Crippen molar-refractivity contribution in [3.8, 4) is 0 Å². The molecule has 1 amide bonds. The number of nitrogens with one attached hydrogen (secondary N) is 1. The lowest BCUT2D eigenvalue weighted by Gasteiger charge is -2.15. The van der Waals surface area contributed by atoms with Gasteiger partial charge in [0.2, 0.25) is 5.91 Å². The van der Waals surface area contributed by atoms with E-state index in [4.69, 9.17) is 5.73 Å². The molecule has 2 atom stereocenters. The molecule has 1 aromatic carbocycles. The summed E-state index contributed by atoms with van der Waals surface area (Å²) in [7, 11) is 0. The highest BCUT2D eigenvalue weighted by Gasteiger charge is 2.10. The van der Waals surface area contributed by atoms with Crippen LogP contribution in [-0.4, -0.2) is 12.5 Å². The Balaban J connectivity index is 2.44. The van der Waals surface area contributed by atoms with Crippen molar-refractivity contribution in [1.29, 1.82) is 0 Å². The first-order valence-corrected chi connectivity index (χ1v) is 7.07. The third-order valence-electron chi connectivity index (χ3n) is 2.99. The minimum Gasteiger partial charge on any atom is -0.350 e. The van der Waals surface area contributed by atoms with Gasteiger partial charge in [0.25, 0.3) is 0 Å². The van der Waals surface area contributed by atoms with Crippen molar-refractivity contribution in [2.75, 3.05) is 6.54 Å². The van der Waals surface area contributed by atoms with E-state index in [1.165, 1.54) is 0 Å². The molecule has 0 aliphatic heterocycles. The van der Waals surface area contributed by atoms with E-state index in [1.54, 1.807) is 0 Å². The second kappa shape index (κ2) is 7.54. The van der Waals surface area contributed by atoms with Crippen molar-refractivity contribution in [3.63, 3.8) is 0 Å². The third kappa shape index (κ3) is 5.19. The quantitative estimate of drug-likeness (QED) is 0.848. The zero-order valence-electron chi connectivity index (χ0n) is 10.9. The zero-order valence-corrected chi connectivity index (χ0v) is 12.5. The lowest BCUT2D eigenvalue weighted by Crippen LogP contribution is -2.27. The number of benzene rings is 1. The van der Waals surface area contributed by atoms with Crippen LogP contribution in [0.1, 0.15) is 38.3 Å². The molecule has 0 bridgehead atoms. The maximum atomic E-state index is 11.8. The molecule has 0 spiro atoms. The fourth-order valence-electron chi connectivity index (χ4n) is 1.67. The van der Waals surface area contributed by atoms with E-state index in [9.17, 15) is 4.79 Å². The summed E-state index contributed by atoms with van der Waals surface area (Å²) in [5.74, 6) is 0.486. The Bertz CT molecular complexity index is 395. The summed E-state index contributed by atoms with van der Waals surface area (Å²) in [4.78, 5) is 11.8. The minimum absolute atomic E-state index is 0.0307. The summed E-state index contributed by atoms with van der Waals surface area (Å²) in [6.45, 7) is 4.69. The first-order chi connectivity index (χ1) is 8.52. The van der Waals surface area contributed by atoms with E-state index >= 15 is 0 Å². The van der Waals surface area contributed by atoms with Crippen molar-refractivity contribution >= 4 is 21.8 Å². The molecule has 3 N–H and O–H groups in total. The van der Waals surface area contributed by atoms with Gasteiger partial charge >= 0.3 is 0 Å². The number of halogens is 1. The number of hydrogen-bond donors (Lipinski definition) is 2. The van der Waals surface area contributed by atoms with E-state index in [2.05, 4.69) is 28.2 Å². The second-order valence-electron chi connectivity index (χ2n) is 4.72. The first-order valence-electron chi connectivity index (χ1n) is 6.27. The molecule has 3 nitrogen and oxygen atoms in total. The second-order valence-corrected chi connectivity index (χ2v) is 5.64. The van der Waals surface area contributed by atoms with Gasteiger partial charge in [0, 0.05) is 10.9 Å². The molecule has 0 aliphatic rings. The Morgan fingerprint density at radius 2 is 2.17 bits per heavy atom. The van der Waals surface area contributed by atoms with Crippen LogP contribution in [0.3, 0.4) is 0 Å². The predicted octanol–water partition coefficient (Wildman–Crippen LogP) is 3.00. The molecule has 4 heteroatoms. The number of rotatable bonds is 6. The summed E-state index contributed by atoms with van der Waals surface area (Å²) in [6, 6.07) is 8.01. The summed E-state index contributed by atoms with van der Waals surface area (Å²) >= 11 is 3.43. The highest BCUT2D eigenvalue weighted by molar-refractivity contribution is 9.10. The molecule has 0 heterocycles. The number of nitrogens with two attached hydrogens (primary N) is 1. The monoisotopic (exact) mass is 312 g/mol. The van der Waals surface area contributed by atoms with Gasteiger partial charge in [-0.25, -0.2) is 0 Å². The molecule has 1 rings (SSSR count).